The Labute approximate surface area is 141 Å². The first-order valence-electron chi connectivity index (χ1n) is 5.97. The van der Waals surface area contributed by atoms with E-state index in [0.717, 1.165) is 22.5 Å². The molecule has 0 unspecified atom stereocenters. The Balaban J connectivity index is 0.00000110. The Morgan fingerprint density at radius 2 is 1.95 bits per heavy atom. The maximum Gasteiger partial charge on any atom is 3.00 e. The number of rotatable bonds is 2. The van der Waals surface area contributed by atoms with Gasteiger partial charge in [0.1, 0.15) is 0 Å². The standard InChI is InChI=1S/C16H12N2S.CH3.Fe/c1-19-14-10-15(12-4-2-3-5-12)18-16(11-14)13-6-8-17-9-7-13;;/h2-4,6-11H,1H3;1H3;/q-2;-1;+3. The fourth-order valence-corrected chi connectivity index (χ4v) is 2.38. The zero-order chi connectivity index (χ0) is 13.1. The third kappa shape index (κ3) is 4.01. The molecule has 0 saturated heterocycles. The van der Waals surface area contributed by atoms with Gasteiger partial charge >= 0.3 is 17.1 Å². The Bertz CT molecular complexity index is 626. The Hall–Kier alpha value is -1.48. The van der Waals surface area contributed by atoms with Crippen LogP contribution in [0.25, 0.3) is 11.0 Å². The van der Waals surface area contributed by atoms with E-state index in [4.69, 9.17) is 5.32 Å². The van der Waals surface area contributed by atoms with Crippen molar-refractivity contribution in [3.8, 4) is 0 Å². The average molecular weight is 335 g/mol. The summed E-state index contributed by atoms with van der Waals surface area (Å²) in [6.45, 7) is 0. The van der Waals surface area contributed by atoms with Crippen LogP contribution in [0.2, 0.25) is 0 Å². The van der Waals surface area contributed by atoms with E-state index < -0.39 is 0 Å². The molecule has 107 valence electrons. The van der Waals surface area contributed by atoms with Crippen LogP contribution in [0.3, 0.4) is 0 Å². The Morgan fingerprint density at radius 1 is 1.19 bits per heavy atom. The van der Waals surface area contributed by atoms with Crippen molar-refractivity contribution in [2.75, 3.05) is 6.26 Å². The number of hydrogen-bond acceptors (Lipinski definition) is 2. The van der Waals surface area contributed by atoms with Crippen molar-refractivity contribution in [1.82, 2.24) is 4.98 Å². The van der Waals surface area contributed by atoms with Crippen molar-refractivity contribution in [2.45, 2.75) is 0 Å². The summed E-state index contributed by atoms with van der Waals surface area (Å²) in [5, 5.41) is 4.72. The molecule has 2 nitrogen and oxygen atoms in total. The smallest absolute Gasteiger partial charge is 0.701 e. The van der Waals surface area contributed by atoms with Crippen LogP contribution in [0.1, 0.15) is 5.56 Å². The van der Waals surface area contributed by atoms with Crippen LogP contribution < -0.4 is 0 Å². The van der Waals surface area contributed by atoms with E-state index in [1.165, 1.54) is 4.91 Å². The second-order valence-electron chi connectivity index (χ2n) is 4.10. The molecule has 1 aliphatic heterocycles. The molecule has 1 aromatic heterocycles. The largest absolute Gasteiger partial charge is 3.00 e. The molecule has 1 aliphatic carbocycles. The van der Waals surface area contributed by atoms with Gasteiger partial charge in [0.15, 0.2) is 0 Å². The molecule has 1 radical (unpaired) electrons. The summed E-state index contributed by atoms with van der Waals surface area (Å²) in [5.41, 5.74) is 4.05. The van der Waals surface area contributed by atoms with Gasteiger partial charge in [-0.2, -0.15) is 23.8 Å². The molecule has 0 spiro atoms. The molecule has 0 bridgehead atoms. The van der Waals surface area contributed by atoms with Gasteiger partial charge in [0.25, 0.3) is 0 Å². The molecular weight excluding hydrogens is 320 g/mol. The summed E-state index contributed by atoms with van der Waals surface area (Å²) < 4.78 is 0. The van der Waals surface area contributed by atoms with Gasteiger partial charge in [0, 0.05) is 12.4 Å². The van der Waals surface area contributed by atoms with Gasteiger partial charge < -0.3 is 12.7 Å². The molecule has 4 heteroatoms. The molecule has 0 amide bonds. The molecule has 0 aromatic carbocycles. The molecule has 0 saturated carbocycles. The van der Waals surface area contributed by atoms with E-state index in [1.54, 1.807) is 24.2 Å². The first-order valence-corrected chi connectivity index (χ1v) is 7.19. The van der Waals surface area contributed by atoms with Crippen molar-refractivity contribution in [2.24, 2.45) is 0 Å². The molecular formula is C17H15FeN2S. The fourth-order valence-electron chi connectivity index (χ4n) is 1.92. The molecule has 0 fully saturated rings. The van der Waals surface area contributed by atoms with Crippen molar-refractivity contribution in [1.29, 1.82) is 0 Å². The summed E-state index contributed by atoms with van der Waals surface area (Å²) in [6, 6.07) is 3.95. The second kappa shape index (κ2) is 8.08. The monoisotopic (exact) mass is 335 g/mol. The van der Waals surface area contributed by atoms with Crippen molar-refractivity contribution < 1.29 is 17.1 Å². The molecule has 2 heterocycles. The van der Waals surface area contributed by atoms with E-state index >= 15 is 0 Å². The van der Waals surface area contributed by atoms with Gasteiger partial charge in [-0.1, -0.05) is 6.08 Å². The van der Waals surface area contributed by atoms with E-state index in [1.807, 2.05) is 30.4 Å². The minimum absolute atomic E-state index is 0. The third-order valence-electron chi connectivity index (χ3n) is 2.88. The predicted molar refractivity (Wildman–Crippen MR) is 87.6 cm³/mol. The van der Waals surface area contributed by atoms with Gasteiger partial charge in [-0.05, 0) is 28.9 Å². The number of nitrogens with zero attached hydrogens (tertiary/aromatic N) is 2. The average Bonchev–Trinajstić information content (AvgIpc) is 3.02. The van der Waals surface area contributed by atoms with Gasteiger partial charge in [0.05, 0.1) is 0 Å². The molecule has 21 heavy (non-hydrogen) atoms. The van der Waals surface area contributed by atoms with Gasteiger partial charge in [-0.25, -0.2) is 5.70 Å². The van der Waals surface area contributed by atoms with Gasteiger partial charge in [-0.3, -0.25) is 4.98 Å². The number of allylic oxidation sites excluding steroid dienone is 7. The SMILES string of the molecule is CSC1=CC(=C2[C-]=CC=C2)[N-]C(c2ccncc2)=C1.[CH3-].[Fe+3]. The van der Waals surface area contributed by atoms with Crippen LogP contribution in [0, 0.1) is 13.5 Å². The summed E-state index contributed by atoms with van der Waals surface area (Å²) >= 11 is 1.72. The maximum absolute atomic E-state index is 4.72. The van der Waals surface area contributed by atoms with Crippen LogP contribution in [-0.2, 0) is 17.1 Å². The number of aromatic nitrogens is 1. The third-order valence-corrected chi connectivity index (χ3v) is 3.59. The molecule has 3 rings (SSSR count). The topological polar surface area (TPSA) is 27.0 Å². The molecule has 1 aromatic rings. The summed E-state index contributed by atoms with van der Waals surface area (Å²) in [6.07, 6.45) is 19.0. The molecule has 2 aliphatic rings. The number of hydrogen-bond donors (Lipinski definition) is 0. The van der Waals surface area contributed by atoms with E-state index in [0.29, 0.717) is 0 Å². The zero-order valence-corrected chi connectivity index (χ0v) is 13.8. The van der Waals surface area contributed by atoms with Crippen molar-refractivity contribution in [3.05, 3.63) is 95.5 Å². The van der Waals surface area contributed by atoms with Crippen LogP contribution in [0.4, 0.5) is 0 Å². The first kappa shape index (κ1) is 17.6. The van der Waals surface area contributed by atoms with Crippen LogP contribution in [0.15, 0.2) is 71.1 Å². The van der Waals surface area contributed by atoms with Gasteiger partial charge in [-0.15, -0.1) is 29.6 Å². The quantitative estimate of drug-likeness (QED) is 0.579. The van der Waals surface area contributed by atoms with E-state index in [9.17, 15) is 0 Å². The van der Waals surface area contributed by atoms with Gasteiger partial charge in [0.2, 0.25) is 0 Å². The number of thioether (sulfide) groups is 1. The second-order valence-corrected chi connectivity index (χ2v) is 4.98. The van der Waals surface area contributed by atoms with E-state index in [-0.39, 0.29) is 24.5 Å². The summed E-state index contributed by atoms with van der Waals surface area (Å²) in [7, 11) is 0. The molecule has 0 N–H and O–H groups in total. The fraction of sp³-hybridized carbons (Fsp3) is 0.0588. The van der Waals surface area contributed by atoms with Crippen LogP contribution in [0.5, 0.6) is 0 Å². The van der Waals surface area contributed by atoms with Crippen molar-refractivity contribution in [3.63, 3.8) is 0 Å². The van der Waals surface area contributed by atoms with Crippen LogP contribution >= 0.6 is 11.8 Å². The van der Waals surface area contributed by atoms with E-state index in [2.05, 4.69) is 29.5 Å². The maximum atomic E-state index is 4.72. The zero-order valence-electron chi connectivity index (χ0n) is 11.9. The minimum Gasteiger partial charge on any atom is -0.701 e. The Morgan fingerprint density at radius 3 is 2.57 bits per heavy atom. The minimum atomic E-state index is 0. The summed E-state index contributed by atoms with van der Waals surface area (Å²) in [5.74, 6) is 0. The van der Waals surface area contributed by atoms with Crippen LogP contribution in [-0.4, -0.2) is 11.2 Å². The first-order chi connectivity index (χ1) is 9.36. The normalized spacial score (nSPS) is 19.1. The van der Waals surface area contributed by atoms with Crippen molar-refractivity contribution >= 4 is 17.5 Å². The Kier molecular flexibility index (Phi) is 6.76. The molecule has 0 atom stereocenters. The summed E-state index contributed by atoms with van der Waals surface area (Å²) in [4.78, 5) is 5.25. The number of pyridine rings is 1. The predicted octanol–water partition coefficient (Wildman–Crippen LogP) is 4.69.